The number of hydrogen-bond donors (Lipinski definition) is 2. The van der Waals surface area contributed by atoms with Gasteiger partial charge >= 0.3 is 0 Å². The van der Waals surface area contributed by atoms with Crippen molar-refractivity contribution in [1.29, 1.82) is 0 Å². The van der Waals surface area contributed by atoms with Crippen molar-refractivity contribution in [2.45, 2.75) is 32.6 Å². The van der Waals surface area contributed by atoms with Crippen LogP contribution in [0.3, 0.4) is 0 Å². The van der Waals surface area contributed by atoms with Crippen molar-refractivity contribution in [2.75, 3.05) is 5.32 Å². The third-order valence-corrected chi connectivity index (χ3v) is 2.30. The first-order valence-corrected chi connectivity index (χ1v) is 6.92. The normalized spacial score (nSPS) is 10.6. The van der Waals surface area contributed by atoms with E-state index < -0.39 is 10.1 Å². The lowest BCUT2D eigenvalue weighted by atomic mass is 10.3. The van der Waals surface area contributed by atoms with Crippen LogP contribution in [0.5, 0.6) is 0 Å². The lowest BCUT2D eigenvalue weighted by molar-refractivity contribution is -0.114. The summed E-state index contributed by atoms with van der Waals surface area (Å²) in [5.74, 6) is 0.525. The van der Waals surface area contributed by atoms with Gasteiger partial charge in [-0.3, -0.25) is 9.35 Å². The zero-order valence-corrected chi connectivity index (χ0v) is 11.8. The Bertz CT molecular complexity index is 492. The van der Waals surface area contributed by atoms with E-state index in [0.717, 1.165) is 5.92 Å². The van der Waals surface area contributed by atoms with Crippen LogP contribution in [0, 0.1) is 5.92 Å². The highest BCUT2D eigenvalue weighted by Crippen LogP contribution is 2.14. The van der Waals surface area contributed by atoms with E-state index in [2.05, 4.69) is 26.1 Å². The molecule has 1 rings (SSSR count). The minimum atomic E-state index is -4.21. The van der Waals surface area contributed by atoms with Crippen LogP contribution in [0.4, 0.5) is 5.69 Å². The Kier molecular flexibility index (Phi) is 6.57. The standard InChI is InChI=1S/C8H9NO4S.C4H10/c1-6(10)9-7-3-2-4-8(5-7)14(11,12)13;1-4(2)3/h2-5H,1H3,(H,9,10)(H,11,12,13);4H,1-3H3. The van der Waals surface area contributed by atoms with Gasteiger partial charge < -0.3 is 5.32 Å². The highest BCUT2D eigenvalue weighted by Gasteiger charge is 2.09. The van der Waals surface area contributed by atoms with Crippen LogP contribution in [-0.2, 0) is 14.9 Å². The first-order valence-electron chi connectivity index (χ1n) is 5.48. The minimum Gasteiger partial charge on any atom is -0.326 e. The molecule has 0 aliphatic heterocycles. The fourth-order valence-corrected chi connectivity index (χ4v) is 1.46. The maximum atomic E-state index is 10.7. The zero-order chi connectivity index (χ0) is 14.3. The summed E-state index contributed by atoms with van der Waals surface area (Å²) in [6, 6.07) is 5.36. The maximum Gasteiger partial charge on any atom is 0.294 e. The molecule has 0 saturated heterocycles. The molecule has 1 aromatic rings. The van der Waals surface area contributed by atoms with Gasteiger partial charge in [0.05, 0.1) is 4.90 Å². The van der Waals surface area contributed by atoms with Crippen LogP contribution < -0.4 is 5.32 Å². The molecule has 0 atom stereocenters. The summed E-state index contributed by atoms with van der Waals surface area (Å²) < 4.78 is 30.1. The molecule has 5 nitrogen and oxygen atoms in total. The Labute approximate surface area is 108 Å². The van der Waals surface area contributed by atoms with E-state index in [4.69, 9.17) is 4.55 Å². The van der Waals surface area contributed by atoms with E-state index in [1.54, 1.807) is 0 Å². The number of anilines is 1. The number of rotatable bonds is 2. The molecule has 0 aliphatic carbocycles. The Morgan fingerprint density at radius 1 is 1.28 bits per heavy atom. The summed E-state index contributed by atoms with van der Waals surface area (Å²) in [4.78, 5) is 10.4. The number of carbonyl (C=O) groups is 1. The smallest absolute Gasteiger partial charge is 0.294 e. The van der Waals surface area contributed by atoms with Crippen molar-refractivity contribution in [1.82, 2.24) is 0 Å². The Balaban J connectivity index is 0.000000631. The fraction of sp³-hybridized carbons (Fsp3) is 0.417. The molecule has 0 heterocycles. The van der Waals surface area contributed by atoms with Crippen molar-refractivity contribution < 1.29 is 17.8 Å². The predicted octanol–water partition coefficient (Wildman–Crippen LogP) is 2.55. The zero-order valence-electron chi connectivity index (χ0n) is 11.0. The molecule has 102 valence electrons. The van der Waals surface area contributed by atoms with Crippen molar-refractivity contribution in [3.63, 3.8) is 0 Å². The van der Waals surface area contributed by atoms with Crippen molar-refractivity contribution in [3.8, 4) is 0 Å². The van der Waals surface area contributed by atoms with Gasteiger partial charge in [0.15, 0.2) is 0 Å². The van der Waals surface area contributed by atoms with Gasteiger partial charge in [0.2, 0.25) is 5.91 Å². The molecule has 1 aromatic carbocycles. The molecule has 0 radical (unpaired) electrons. The molecule has 18 heavy (non-hydrogen) atoms. The monoisotopic (exact) mass is 273 g/mol. The molecular formula is C12H19NO4S. The summed E-state index contributed by atoms with van der Waals surface area (Å²) in [6.07, 6.45) is 0. The van der Waals surface area contributed by atoms with E-state index in [1.165, 1.54) is 31.2 Å². The van der Waals surface area contributed by atoms with Crippen LogP contribution in [0.1, 0.15) is 27.7 Å². The van der Waals surface area contributed by atoms with E-state index in [9.17, 15) is 13.2 Å². The molecule has 1 amide bonds. The number of amides is 1. The van der Waals surface area contributed by atoms with Gasteiger partial charge in [-0.05, 0) is 24.1 Å². The highest BCUT2D eigenvalue weighted by molar-refractivity contribution is 7.85. The SMILES string of the molecule is CC(=O)Nc1cccc(S(=O)(=O)O)c1.CC(C)C. The number of benzene rings is 1. The van der Waals surface area contributed by atoms with E-state index in [-0.39, 0.29) is 10.8 Å². The Morgan fingerprint density at radius 2 is 1.78 bits per heavy atom. The van der Waals surface area contributed by atoms with E-state index in [0.29, 0.717) is 5.69 Å². The maximum absolute atomic E-state index is 10.7. The molecule has 0 fully saturated rings. The van der Waals surface area contributed by atoms with E-state index in [1.807, 2.05) is 0 Å². The van der Waals surface area contributed by atoms with Gasteiger partial charge in [-0.15, -0.1) is 0 Å². The number of hydrogen-bond acceptors (Lipinski definition) is 3. The lowest BCUT2D eigenvalue weighted by Gasteiger charge is -2.02. The van der Waals surface area contributed by atoms with Gasteiger partial charge in [-0.1, -0.05) is 26.8 Å². The second-order valence-electron chi connectivity index (χ2n) is 4.42. The molecule has 0 bridgehead atoms. The van der Waals surface area contributed by atoms with Gasteiger partial charge in [-0.25, -0.2) is 0 Å². The predicted molar refractivity (Wildman–Crippen MR) is 71.1 cm³/mol. The summed E-state index contributed by atoms with van der Waals surface area (Å²) >= 11 is 0. The van der Waals surface area contributed by atoms with E-state index >= 15 is 0 Å². The number of carbonyl (C=O) groups excluding carboxylic acids is 1. The molecule has 0 aromatic heterocycles. The van der Waals surface area contributed by atoms with Crippen molar-refractivity contribution in [3.05, 3.63) is 24.3 Å². The second-order valence-corrected chi connectivity index (χ2v) is 5.84. The van der Waals surface area contributed by atoms with Crippen LogP contribution in [0.2, 0.25) is 0 Å². The fourth-order valence-electron chi connectivity index (χ4n) is 0.938. The van der Waals surface area contributed by atoms with Gasteiger partial charge in [0.25, 0.3) is 10.1 Å². The molecule has 6 heteroatoms. The molecule has 2 N–H and O–H groups in total. The molecule has 0 aliphatic rings. The summed E-state index contributed by atoms with van der Waals surface area (Å²) in [5.41, 5.74) is 0.327. The van der Waals surface area contributed by atoms with Gasteiger partial charge in [0, 0.05) is 12.6 Å². The minimum absolute atomic E-state index is 0.247. The largest absolute Gasteiger partial charge is 0.326 e. The summed E-state index contributed by atoms with van der Waals surface area (Å²) in [7, 11) is -4.21. The first kappa shape index (κ1) is 16.6. The van der Waals surface area contributed by atoms with Crippen molar-refractivity contribution in [2.24, 2.45) is 5.92 Å². The summed E-state index contributed by atoms with van der Waals surface area (Å²) in [5, 5.41) is 2.40. The average molecular weight is 273 g/mol. The van der Waals surface area contributed by atoms with Gasteiger partial charge in [-0.2, -0.15) is 8.42 Å². The molecule has 0 spiro atoms. The van der Waals surface area contributed by atoms with Crippen LogP contribution in [-0.4, -0.2) is 18.9 Å². The van der Waals surface area contributed by atoms with Gasteiger partial charge in [0.1, 0.15) is 0 Å². The summed E-state index contributed by atoms with van der Waals surface area (Å²) in [6.45, 7) is 7.81. The average Bonchev–Trinajstić information content (AvgIpc) is 2.14. The molecule has 0 unspecified atom stereocenters. The first-order chi connectivity index (χ1) is 8.12. The van der Waals surface area contributed by atoms with Crippen LogP contribution in [0.15, 0.2) is 29.2 Å². The molecule has 0 saturated carbocycles. The third kappa shape index (κ3) is 7.81. The van der Waals surface area contributed by atoms with Crippen molar-refractivity contribution >= 4 is 21.7 Å². The second kappa shape index (κ2) is 7.13. The number of nitrogens with one attached hydrogen (secondary N) is 1. The quantitative estimate of drug-likeness (QED) is 0.811. The Morgan fingerprint density at radius 3 is 2.17 bits per heavy atom. The van der Waals surface area contributed by atoms with Crippen LogP contribution in [0.25, 0.3) is 0 Å². The lowest BCUT2D eigenvalue weighted by Crippen LogP contribution is -2.06. The topological polar surface area (TPSA) is 83.5 Å². The Hall–Kier alpha value is -1.40. The molecular weight excluding hydrogens is 254 g/mol. The van der Waals surface area contributed by atoms with Crippen LogP contribution >= 0.6 is 0 Å². The highest BCUT2D eigenvalue weighted by atomic mass is 32.2. The third-order valence-electron chi connectivity index (χ3n) is 1.45.